The van der Waals surface area contributed by atoms with Crippen molar-refractivity contribution in [3.05, 3.63) is 87.7 Å². The molecule has 4 rings (SSSR count). The number of rotatable bonds is 8. The van der Waals surface area contributed by atoms with Crippen molar-refractivity contribution in [3.63, 3.8) is 0 Å². The summed E-state index contributed by atoms with van der Waals surface area (Å²) in [7, 11) is -4.00. The summed E-state index contributed by atoms with van der Waals surface area (Å²) in [6.07, 6.45) is 1.11. The average molecular weight is 592 g/mol. The van der Waals surface area contributed by atoms with E-state index in [1.807, 2.05) is 18.2 Å². The molecule has 1 atom stereocenters. The number of benzene rings is 2. The van der Waals surface area contributed by atoms with Crippen LogP contribution in [-0.2, 0) is 29.2 Å². The summed E-state index contributed by atoms with van der Waals surface area (Å²) >= 11 is 6.55. The summed E-state index contributed by atoms with van der Waals surface area (Å²) in [5.41, 5.74) is 6.80. The summed E-state index contributed by atoms with van der Waals surface area (Å²) in [5.74, 6) is -1.03. The van der Waals surface area contributed by atoms with E-state index in [1.54, 1.807) is 31.2 Å². The van der Waals surface area contributed by atoms with Crippen LogP contribution in [-0.4, -0.2) is 51.1 Å². The van der Waals surface area contributed by atoms with Crippen LogP contribution in [0.4, 0.5) is 0 Å². The number of dihydropyridines is 1. The number of carbonyl (C=O) groups is 2. The molecule has 1 heterocycles. The molecule has 0 amide bonds. The van der Waals surface area contributed by atoms with Gasteiger partial charge in [-0.05, 0) is 42.5 Å². The number of ketones is 1. The van der Waals surface area contributed by atoms with E-state index < -0.39 is 22.0 Å². The number of nitrogens with one attached hydrogen (secondary N) is 1. The maximum atomic E-state index is 13.3. The number of hydrogen-bond acceptors (Lipinski definition) is 7. The molecule has 9 nitrogen and oxygen atoms in total. The smallest absolute Gasteiger partial charge is 0.336 e. The first-order chi connectivity index (χ1) is 18.9. The molecule has 0 unspecified atom stereocenters. The van der Waals surface area contributed by atoms with Crippen molar-refractivity contribution in [2.75, 3.05) is 26.4 Å². The van der Waals surface area contributed by atoms with E-state index in [1.165, 1.54) is 12.1 Å². The Hall–Kier alpha value is -3.02. The topological polar surface area (TPSA) is 147 Å². The zero-order valence-electron chi connectivity index (χ0n) is 22.9. The fourth-order valence-electron chi connectivity index (χ4n) is 4.80. The molecule has 5 N–H and O–H groups in total. The Bertz CT molecular complexity index is 1400. The van der Waals surface area contributed by atoms with Gasteiger partial charge in [-0.15, -0.1) is 0 Å². The highest BCUT2D eigenvalue weighted by Gasteiger charge is 2.44. The highest BCUT2D eigenvalue weighted by atomic mass is 35.5. The minimum Gasteiger partial charge on any atom is -0.463 e. The number of ether oxygens (including phenoxy) is 2. The largest absolute Gasteiger partial charge is 0.463 e. The molecule has 40 heavy (non-hydrogen) atoms. The number of allylic oxidation sites excluding steroid dienone is 2. The van der Waals surface area contributed by atoms with Gasteiger partial charge in [-0.2, -0.15) is 8.42 Å². The van der Waals surface area contributed by atoms with Gasteiger partial charge in [-0.1, -0.05) is 61.8 Å². The fourth-order valence-corrected chi connectivity index (χ4v) is 5.55. The Balaban J connectivity index is 0.000000371. The van der Waals surface area contributed by atoms with Crippen molar-refractivity contribution < 1.29 is 37.8 Å². The molecule has 0 saturated heterocycles. The second-order valence-electron chi connectivity index (χ2n) is 10.2. The molecule has 0 saturated carbocycles. The van der Waals surface area contributed by atoms with Crippen molar-refractivity contribution >= 4 is 33.5 Å². The SMILES string of the molecule is CCOC(=O)C1=C(COCC[NH3+])NC2=C(C(=O)CC(C)(C)C2)[C@H]1c1ccccc1Cl.O=S(=O)(O)c1ccccc1. The third-order valence-electron chi connectivity index (χ3n) is 6.41. The van der Waals surface area contributed by atoms with Gasteiger partial charge < -0.3 is 20.5 Å². The second-order valence-corrected chi connectivity index (χ2v) is 12.0. The van der Waals surface area contributed by atoms with Gasteiger partial charge in [0.25, 0.3) is 10.1 Å². The first-order valence-electron chi connectivity index (χ1n) is 13.0. The van der Waals surface area contributed by atoms with E-state index >= 15 is 0 Å². The minimum atomic E-state index is -4.00. The molecule has 0 bridgehead atoms. The summed E-state index contributed by atoms with van der Waals surface area (Å²) in [5, 5.41) is 3.87. The molecule has 216 valence electrons. The lowest BCUT2D eigenvalue weighted by Crippen LogP contribution is -2.52. The van der Waals surface area contributed by atoms with Crippen molar-refractivity contribution in [1.82, 2.24) is 5.32 Å². The monoisotopic (exact) mass is 591 g/mol. The van der Waals surface area contributed by atoms with E-state index in [9.17, 15) is 18.0 Å². The van der Waals surface area contributed by atoms with Gasteiger partial charge in [-0.25, -0.2) is 4.79 Å². The Labute approximate surface area is 240 Å². The predicted octanol–water partition coefficient (Wildman–Crippen LogP) is 3.68. The summed E-state index contributed by atoms with van der Waals surface area (Å²) in [6, 6.07) is 14.8. The lowest BCUT2D eigenvalue weighted by Gasteiger charge is -2.40. The highest BCUT2D eigenvalue weighted by Crippen LogP contribution is 2.48. The van der Waals surface area contributed by atoms with Gasteiger partial charge in [-0.3, -0.25) is 9.35 Å². The Morgan fingerprint density at radius 2 is 1.77 bits per heavy atom. The van der Waals surface area contributed by atoms with Crippen LogP contribution >= 0.6 is 11.6 Å². The molecule has 11 heteroatoms. The lowest BCUT2D eigenvalue weighted by atomic mass is 9.68. The summed E-state index contributed by atoms with van der Waals surface area (Å²) in [4.78, 5) is 26.3. The van der Waals surface area contributed by atoms with Crippen LogP contribution in [0.25, 0.3) is 0 Å². The van der Waals surface area contributed by atoms with E-state index in [0.29, 0.717) is 47.9 Å². The molecule has 2 aromatic carbocycles. The van der Waals surface area contributed by atoms with Crippen LogP contribution in [0.1, 0.15) is 45.1 Å². The van der Waals surface area contributed by atoms with Crippen LogP contribution in [0.3, 0.4) is 0 Å². The fraction of sp³-hybridized carbons (Fsp3) is 0.379. The number of halogens is 1. The molecular formula is C29H36ClN2O7S+. The zero-order chi connectivity index (χ0) is 29.5. The normalized spacial score (nSPS) is 18.4. The highest BCUT2D eigenvalue weighted by molar-refractivity contribution is 7.85. The van der Waals surface area contributed by atoms with Gasteiger partial charge in [0.15, 0.2) is 5.78 Å². The quantitative estimate of drug-likeness (QED) is 0.239. The number of esters is 1. The van der Waals surface area contributed by atoms with Crippen LogP contribution in [0, 0.1) is 5.41 Å². The molecule has 0 fully saturated rings. The Morgan fingerprint density at radius 1 is 1.12 bits per heavy atom. The second kappa shape index (κ2) is 13.6. The minimum absolute atomic E-state index is 0.0261. The molecule has 2 aromatic rings. The van der Waals surface area contributed by atoms with Gasteiger partial charge in [0.1, 0.15) is 0 Å². The van der Waals surface area contributed by atoms with E-state index in [4.69, 9.17) is 25.6 Å². The first-order valence-corrected chi connectivity index (χ1v) is 14.8. The zero-order valence-corrected chi connectivity index (χ0v) is 24.5. The van der Waals surface area contributed by atoms with Crippen molar-refractivity contribution in [2.45, 2.75) is 44.4 Å². The van der Waals surface area contributed by atoms with E-state index in [0.717, 1.165) is 11.3 Å². The lowest BCUT2D eigenvalue weighted by molar-refractivity contribution is -0.373. The van der Waals surface area contributed by atoms with E-state index in [2.05, 4.69) is 24.9 Å². The number of carbonyl (C=O) groups excluding carboxylic acids is 2. The van der Waals surface area contributed by atoms with Crippen molar-refractivity contribution in [3.8, 4) is 0 Å². The molecular weight excluding hydrogens is 556 g/mol. The Kier molecular flexibility index (Phi) is 10.7. The molecule has 0 aromatic heterocycles. The first kappa shape index (κ1) is 31.5. The number of Topliss-reactive ketones (excluding diaryl/α,β-unsaturated/α-hetero) is 1. The third kappa shape index (κ3) is 7.80. The van der Waals surface area contributed by atoms with Gasteiger partial charge in [0.2, 0.25) is 0 Å². The van der Waals surface area contributed by atoms with E-state index in [-0.39, 0.29) is 29.3 Å². The molecule has 0 spiro atoms. The summed E-state index contributed by atoms with van der Waals surface area (Å²) < 4.78 is 40.3. The maximum Gasteiger partial charge on any atom is 0.336 e. The predicted molar refractivity (Wildman–Crippen MR) is 151 cm³/mol. The van der Waals surface area contributed by atoms with Crippen molar-refractivity contribution in [2.24, 2.45) is 5.41 Å². The van der Waals surface area contributed by atoms with Gasteiger partial charge >= 0.3 is 5.97 Å². The van der Waals surface area contributed by atoms with Crippen LogP contribution in [0.15, 0.2) is 82.0 Å². The molecule has 1 aliphatic heterocycles. The summed E-state index contributed by atoms with van der Waals surface area (Å²) in [6.45, 7) is 7.43. The van der Waals surface area contributed by atoms with Crippen molar-refractivity contribution in [1.29, 1.82) is 0 Å². The Morgan fingerprint density at radius 3 is 2.35 bits per heavy atom. The standard InChI is InChI=1S/C23H29ClN2O4.C6H6O3S/c1-4-30-22(28)21-17(13-29-10-9-25)26-16-11-23(2,3)12-18(27)20(16)19(21)14-7-5-6-8-15(14)24;7-10(8,9)6-4-2-1-3-5-6/h5-8,19,26H,4,9-13,25H2,1-3H3;1-5H,(H,7,8,9)/p+1/t19-;/m1./s1. The van der Waals surface area contributed by atoms with Crippen LogP contribution in [0.5, 0.6) is 0 Å². The third-order valence-corrected chi connectivity index (χ3v) is 7.62. The van der Waals surface area contributed by atoms with Crippen LogP contribution < -0.4 is 11.1 Å². The molecule has 1 aliphatic carbocycles. The number of quaternary nitrogens is 1. The van der Waals surface area contributed by atoms with Gasteiger partial charge in [0.05, 0.1) is 42.5 Å². The maximum absolute atomic E-state index is 13.3. The van der Waals surface area contributed by atoms with Crippen LogP contribution in [0.2, 0.25) is 5.02 Å². The van der Waals surface area contributed by atoms with Gasteiger partial charge in [0, 0.05) is 28.6 Å². The molecule has 2 aliphatic rings. The molecule has 0 radical (unpaired) electrons. The number of hydrogen-bond donors (Lipinski definition) is 3. The average Bonchev–Trinajstić information content (AvgIpc) is 2.88.